The van der Waals surface area contributed by atoms with Crippen LogP contribution in [0.4, 0.5) is 5.95 Å². The number of aromatic nitrogens is 4. The van der Waals surface area contributed by atoms with Crippen LogP contribution in [-0.4, -0.2) is 63.7 Å². The molecule has 3 rings (SSSR count). The fourth-order valence-electron chi connectivity index (χ4n) is 2.50. The van der Waals surface area contributed by atoms with Crippen LogP contribution in [-0.2, 0) is 17.8 Å². The quantitative estimate of drug-likeness (QED) is 0.806. The van der Waals surface area contributed by atoms with Crippen LogP contribution in [0.3, 0.4) is 0 Å². The molecule has 1 saturated heterocycles. The van der Waals surface area contributed by atoms with E-state index in [0.29, 0.717) is 13.1 Å². The maximum Gasteiger partial charge on any atom is 0.234 e. The Kier molecular flexibility index (Phi) is 5.65. The molecule has 2 aromatic rings. The van der Waals surface area contributed by atoms with Crippen LogP contribution in [0.25, 0.3) is 0 Å². The first-order valence-electron chi connectivity index (χ1n) is 8.07. The molecule has 0 aromatic carbocycles. The third-order valence-electron chi connectivity index (χ3n) is 3.82. The van der Waals surface area contributed by atoms with Crippen molar-refractivity contribution in [1.29, 1.82) is 0 Å². The smallest absolute Gasteiger partial charge is 0.234 e. The summed E-state index contributed by atoms with van der Waals surface area (Å²) in [5.74, 6) is 0.775. The molecule has 0 bridgehead atoms. The molecule has 1 amide bonds. The van der Waals surface area contributed by atoms with Crippen molar-refractivity contribution in [2.24, 2.45) is 0 Å². The highest BCUT2D eigenvalue weighted by atomic mass is 32.1. The monoisotopic (exact) mass is 347 g/mol. The molecule has 3 heterocycles. The Morgan fingerprint density at radius 3 is 2.54 bits per heavy atom. The Bertz CT molecular complexity index is 655. The summed E-state index contributed by atoms with van der Waals surface area (Å²) >= 11 is 1.55. The van der Waals surface area contributed by atoms with E-state index >= 15 is 0 Å². The van der Waals surface area contributed by atoms with Gasteiger partial charge in [-0.1, -0.05) is 18.3 Å². The zero-order valence-corrected chi connectivity index (χ0v) is 14.5. The van der Waals surface area contributed by atoms with Gasteiger partial charge in [-0.05, 0) is 12.5 Å². The Labute approximate surface area is 144 Å². The molecule has 9 heteroatoms. The molecule has 8 nitrogen and oxygen atoms in total. The van der Waals surface area contributed by atoms with Gasteiger partial charge in [-0.2, -0.15) is 0 Å². The Morgan fingerprint density at radius 2 is 1.88 bits per heavy atom. The van der Waals surface area contributed by atoms with Gasteiger partial charge in [0, 0.05) is 38.6 Å². The molecular formula is C15H21N7OS. The normalized spacial score (nSPS) is 15.5. The molecule has 0 spiro atoms. The summed E-state index contributed by atoms with van der Waals surface area (Å²) < 4.78 is 0. The minimum Gasteiger partial charge on any atom is -0.348 e. The fraction of sp³-hybridized carbons (Fsp3) is 0.533. The van der Waals surface area contributed by atoms with Crippen LogP contribution >= 0.6 is 11.3 Å². The van der Waals surface area contributed by atoms with Gasteiger partial charge in [-0.3, -0.25) is 9.69 Å². The minimum absolute atomic E-state index is 0.0210. The van der Waals surface area contributed by atoms with E-state index in [0.717, 1.165) is 48.6 Å². The SMILES string of the molecule is CCc1nnc(CNC(=O)CN2CCN(c3ncccn3)CC2)s1. The highest BCUT2D eigenvalue weighted by Gasteiger charge is 2.20. The molecule has 1 N–H and O–H groups in total. The van der Waals surface area contributed by atoms with Gasteiger partial charge in [0.05, 0.1) is 13.1 Å². The van der Waals surface area contributed by atoms with Crippen molar-refractivity contribution in [3.05, 3.63) is 28.5 Å². The molecule has 2 aromatic heterocycles. The summed E-state index contributed by atoms with van der Waals surface area (Å²) in [6, 6.07) is 1.81. The van der Waals surface area contributed by atoms with E-state index in [1.54, 1.807) is 23.7 Å². The summed E-state index contributed by atoms with van der Waals surface area (Å²) in [7, 11) is 0. The Morgan fingerprint density at radius 1 is 1.17 bits per heavy atom. The standard InChI is InChI=1S/C15H21N7OS/c1-2-13-19-20-14(24-13)10-18-12(23)11-21-6-8-22(9-7-21)15-16-4-3-5-17-15/h3-5H,2,6-11H2,1H3,(H,18,23). The van der Waals surface area contributed by atoms with E-state index in [9.17, 15) is 4.79 Å². The zero-order chi connectivity index (χ0) is 16.8. The lowest BCUT2D eigenvalue weighted by Gasteiger charge is -2.34. The van der Waals surface area contributed by atoms with Crippen LogP contribution in [0.2, 0.25) is 0 Å². The molecular weight excluding hydrogens is 326 g/mol. The number of carbonyl (C=O) groups is 1. The number of rotatable bonds is 6. The number of amides is 1. The Hall–Kier alpha value is -2.13. The van der Waals surface area contributed by atoms with Gasteiger partial charge in [0.2, 0.25) is 11.9 Å². The lowest BCUT2D eigenvalue weighted by molar-refractivity contribution is -0.122. The van der Waals surface area contributed by atoms with E-state index in [1.165, 1.54) is 0 Å². The van der Waals surface area contributed by atoms with Crippen molar-refractivity contribution in [3.8, 4) is 0 Å². The number of piperazine rings is 1. The van der Waals surface area contributed by atoms with Crippen molar-refractivity contribution >= 4 is 23.2 Å². The van der Waals surface area contributed by atoms with Crippen LogP contribution in [0, 0.1) is 0 Å². The second-order valence-electron chi connectivity index (χ2n) is 5.53. The summed E-state index contributed by atoms with van der Waals surface area (Å²) in [5.41, 5.74) is 0. The summed E-state index contributed by atoms with van der Waals surface area (Å²) in [4.78, 5) is 24.9. The minimum atomic E-state index is 0.0210. The van der Waals surface area contributed by atoms with Gasteiger partial charge >= 0.3 is 0 Å². The van der Waals surface area contributed by atoms with Crippen molar-refractivity contribution in [2.45, 2.75) is 19.9 Å². The second kappa shape index (κ2) is 8.11. The molecule has 1 aliphatic rings. The highest BCUT2D eigenvalue weighted by Crippen LogP contribution is 2.10. The molecule has 0 radical (unpaired) electrons. The number of nitrogens with one attached hydrogen (secondary N) is 1. The van der Waals surface area contributed by atoms with Gasteiger partial charge in [-0.25, -0.2) is 9.97 Å². The third kappa shape index (κ3) is 4.45. The van der Waals surface area contributed by atoms with Crippen molar-refractivity contribution in [3.63, 3.8) is 0 Å². The van der Waals surface area contributed by atoms with Crippen molar-refractivity contribution in [2.75, 3.05) is 37.6 Å². The van der Waals surface area contributed by atoms with Crippen LogP contribution in [0.1, 0.15) is 16.9 Å². The number of hydrogen-bond acceptors (Lipinski definition) is 8. The lowest BCUT2D eigenvalue weighted by atomic mass is 10.3. The molecule has 0 unspecified atom stereocenters. The number of hydrogen-bond donors (Lipinski definition) is 1. The summed E-state index contributed by atoms with van der Waals surface area (Å²) in [6.45, 7) is 6.20. The third-order valence-corrected chi connectivity index (χ3v) is 4.89. The topological polar surface area (TPSA) is 87.1 Å². The highest BCUT2D eigenvalue weighted by molar-refractivity contribution is 7.11. The maximum atomic E-state index is 12.1. The predicted molar refractivity (Wildman–Crippen MR) is 91.8 cm³/mol. The number of nitrogens with zero attached hydrogens (tertiary/aromatic N) is 6. The summed E-state index contributed by atoms with van der Waals surface area (Å²) in [5, 5.41) is 12.9. The first-order chi connectivity index (χ1) is 11.7. The molecule has 0 atom stereocenters. The molecule has 1 fully saturated rings. The summed E-state index contributed by atoms with van der Waals surface area (Å²) in [6.07, 6.45) is 4.38. The van der Waals surface area contributed by atoms with Crippen molar-refractivity contribution in [1.82, 2.24) is 30.4 Å². The van der Waals surface area contributed by atoms with E-state index in [1.807, 2.05) is 13.0 Å². The largest absolute Gasteiger partial charge is 0.348 e. The van der Waals surface area contributed by atoms with Crippen LogP contribution in [0.15, 0.2) is 18.5 Å². The fourth-order valence-corrected chi connectivity index (χ4v) is 3.22. The first kappa shape index (κ1) is 16.7. The number of aryl methyl sites for hydroxylation is 1. The molecule has 1 aliphatic heterocycles. The van der Waals surface area contributed by atoms with Gasteiger partial charge in [0.15, 0.2) is 0 Å². The average molecular weight is 347 g/mol. The van der Waals surface area contributed by atoms with Crippen LogP contribution < -0.4 is 10.2 Å². The Balaban J connectivity index is 1.40. The van der Waals surface area contributed by atoms with Crippen molar-refractivity contribution < 1.29 is 4.79 Å². The van der Waals surface area contributed by atoms with Gasteiger partial charge in [-0.15, -0.1) is 10.2 Å². The molecule has 24 heavy (non-hydrogen) atoms. The van der Waals surface area contributed by atoms with E-state index in [-0.39, 0.29) is 5.91 Å². The van der Waals surface area contributed by atoms with E-state index in [4.69, 9.17) is 0 Å². The van der Waals surface area contributed by atoms with E-state index in [2.05, 4.69) is 35.3 Å². The average Bonchev–Trinajstić information content (AvgIpc) is 3.10. The van der Waals surface area contributed by atoms with Crippen LogP contribution in [0.5, 0.6) is 0 Å². The van der Waals surface area contributed by atoms with E-state index < -0.39 is 0 Å². The van der Waals surface area contributed by atoms with Gasteiger partial charge in [0.1, 0.15) is 10.0 Å². The molecule has 0 saturated carbocycles. The maximum absolute atomic E-state index is 12.1. The first-order valence-corrected chi connectivity index (χ1v) is 8.88. The number of anilines is 1. The van der Waals surface area contributed by atoms with Gasteiger partial charge in [0.25, 0.3) is 0 Å². The molecule has 0 aliphatic carbocycles. The predicted octanol–water partition coefficient (Wildman–Crippen LogP) is 0.329. The number of carbonyl (C=O) groups excluding carboxylic acids is 1. The van der Waals surface area contributed by atoms with Gasteiger partial charge < -0.3 is 10.2 Å². The zero-order valence-electron chi connectivity index (χ0n) is 13.7. The molecule has 128 valence electrons. The lowest BCUT2D eigenvalue weighted by Crippen LogP contribution is -2.49. The second-order valence-corrected chi connectivity index (χ2v) is 6.68.